The van der Waals surface area contributed by atoms with Gasteiger partial charge in [0.2, 0.25) is 5.91 Å². The molecule has 0 spiro atoms. The Kier molecular flexibility index (Phi) is 4.61. The quantitative estimate of drug-likeness (QED) is 0.857. The van der Waals surface area contributed by atoms with Crippen LogP contribution < -0.4 is 4.74 Å². The Morgan fingerprint density at radius 3 is 2.50 bits per heavy atom. The highest BCUT2D eigenvalue weighted by atomic mass is 16.5. The van der Waals surface area contributed by atoms with Crippen molar-refractivity contribution in [2.24, 2.45) is 5.92 Å². The number of carboxylic acid groups (broad SMARTS) is 1. The predicted molar refractivity (Wildman–Crippen MR) is 73.6 cm³/mol. The van der Waals surface area contributed by atoms with Crippen molar-refractivity contribution in [2.75, 3.05) is 19.7 Å². The first-order valence-corrected chi connectivity index (χ1v) is 6.79. The number of rotatable bonds is 6. The van der Waals surface area contributed by atoms with Gasteiger partial charge in [0.05, 0.1) is 19.4 Å². The zero-order valence-corrected chi connectivity index (χ0v) is 11.5. The molecule has 20 heavy (non-hydrogen) atoms. The zero-order chi connectivity index (χ0) is 14.5. The Bertz CT molecular complexity index is 477. The summed E-state index contributed by atoms with van der Waals surface area (Å²) >= 11 is 0. The van der Waals surface area contributed by atoms with Gasteiger partial charge in [-0.25, -0.2) is 0 Å². The number of benzene rings is 1. The summed E-state index contributed by atoms with van der Waals surface area (Å²) in [6.45, 7) is 3.66. The van der Waals surface area contributed by atoms with Crippen LogP contribution >= 0.6 is 0 Å². The Hall–Kier alpha value is -2.04. The highest BCUT2D eigenvalue weighted by Crippen LogP contribution is 2.20. The third kappa shape index (κ3) is 3.73. The number of hydrogen-bond acceptors (Lipinski definition) is 3. The Balaban J connectivity index is 1.79. The lowest BCUT2D eigenvalue weighted by Gasteiger charge is -2.38. The fourth-order valence-electron chi connectivity index (χ4n) is 2.31. The maximum atomic E-state index is 12.0. The van der Waals surface area contributed by atoms with Crippen LogP contribution in [0.15, 0.2) is 24.3 Å². The number of ether oxygens (including phenoxy) is 1. The van der Waals surface area contributed by atoms with Crippen molar-refractivity contribution in [3.63, 3.8) is 0 Å². The molecule has 1 aromatic carbocycles. The lowest BCUT2D eigenvalue weighted by molar-refractivity contribution is -0.144. The van der Waals surface area contributed by atoms with E-state index < -0.39 is 5.97 Å². The molecule has 1 aliphatic rings. The van der Waals surface area contributed by atoms with E-state index in [2.05, 4.69) is 0 Å². The van der Waals surface area contributed by atoms with Crippen LogP contribution in [0.1, 0.15) is 18.9 Å². The van der Waals surface area contributed by atoms with Crippen LogP contribution in [-0.4, -0.2) is 41.6 Å². The van der Waals surface area contributed by atoms with Crippen molar-refractivity contribution < 1.29 is 19.4 Å². The van der Waals surface area contributed by atoms with Crippen molar-refractivity contribution in [3.05, 3.63) is 29.8 Å². The molecule has 2 rings (SSSR count). The van der Waals surface area contributed by atoms with Gasteiger partial charge in [-0.05, 0) is 24.6 Å². The van der Waals surface area contributed by atoms with Gasteiger partial charge in [-0.2, -0.15) is 0 Å². The molecule has 1 aromatic rings. The lowest BCUT2D eigenvalue weighted by Crippen LogP contribution is -2.51. The van der Waals surface area contributed by atoms with E-state index in [9.17, 15) is 9.59 Å². The smallest absolute Gasteiger partial charge is 0.303 e. The van der Waals surface area contributed by atoms with Crippen LogP contribution in [0.5, 0.6) is 5.75 Å². The average Bonchev–Trinajstić information content (AvgIpc) is 2.35. The zero-order valence-electron chi connectivity index (χ0n) is 11.5. The number of amides is 1. The van der Waals surface area contributed by atoms with Gasteiger partial charge in [0, 0.05) is 19.0 Å². The Morgan fingerprint density at radius 1 is 1.30 bits per heavy atom. The van der Waals surface area contributed by atoms with Crippen LogP contribution in [0.4, 0.5) is 0 Å². The molecule has 0 aromatic heterocycles. The minimum atomic E-state index is -0.798. The summed E-state index contributed by atoms with van der Waals surface area (Å²) in [6.07, 6.45) is 0.499. The van der Waals surface area contributed by atoms with Gasteiger partial charge < -0.3 is 14.7 Å². The molecule has 1 aliphatic heterocycles. The van der Waals surface area contributed by atoms with Gasteiger partial charge in [0.15, 0.2) is 0 Å². The molecular formula is C15H19NO4. The van der Waals surface area contributed by atoms with E-state index in [1.54, 1.807) is 4.90 Å². The van der Waals surface area contributed by atoms with Gasteiger partial charge in [0.1, 0.15) is 5.75 Å². The van der Waals surface area contributed by atoms with Crippen LogP contribution in [0.3, 0.4) is 0 Å². The average molecular weight is 277 g/mol. The molecule has 1 saturated heterocycles. The van der Waals surface area contributed by atoms with Gasteiger partial charge in [-0.3, -0.25) is 9.59 Å². The van der Waals surface area contributed by atoms with Crippen molar-refractivity contribution in [1.29, 1.82) is 0 Å². The minimum absolute atomic E-state index is 0.0517. The van der Waals surface area contributed by atoms with E-state index in [0.29, 0.717) is 26.1 Å². The largest absolute Gasteiger partial charge is 0.494 e. The standard InChI is InChI=1S/C15H19NO4/c1-2-20-13-5-3-11(4-6-13)7-14(17)16-9-12(10-16)8-15(18)19/h3-6,12H,2,7-10H2,1H3,(H,18,19). The van der Waals surface area contributed by atoms with Gasteiger partial charge in [-0.15, -0.1) is 0 Å². The van der Waals surface area contributed by atoms with Crippen molar-refractivity contribution in [1.82, 2.24) is 4.90 Å². The summed E-state index contributed by atoms with van der Waals surface area (Å²) in [5, 5.41) is 8.66. The molecule has 0 atom stereocenters. The van der Waals surface area contributed by atoms with Crippen molar-refractivity contribution >= 4 is 11.9 Å². The van der Waals surface area contributed by atoms with E-state index in [4.69, 9.17) is 9.84 Å². The maximum Gasteiger partial charge on any atom is 0.303 e. The number of aliphatic carboxylic acids is 1. The first-order chi connectivity index (χ1) is 9.58. The van der Waals surface area contributed by atoms with Gasteiger partial charge >= 0.3 is 5.97 Å². The van der Waals surface area contributed by atoms with Crippen molar-refractivity contribution in [2.45, 2.75) is 19.8 Å². The minimum Gasteiger partial charge on any atom is -0.494 e. The third-order valence-electron chi connectivity index (χ3n) is 3.36. The van der Waals surface area contributed by atoms with Gasteiger partial charge in [0.25, 0.3) is 0 Å². The number of carbonyl (C=O) groups excluding carboxylic acids is 1. The van der Waals surface area contributed by atoms with E-state index in [0.717, 1.165) is 11.3 Å². The third-order valence-corrected chi connectivity index (χ3v) is 3.36. The molecule has 108 valence electrons. The summed E-state index contributed by atoms with van der Waals surface area (Å²) in [5.74, 6) is 0.162. The second-order valence-corrected chi connectivity index (χ2v) is 5.02. The first-order valence-electron chi connectivity index (χ1n) is 6.79. The summed E-state index contributed by atoms with van der Waals surface area (Å²) < 4.78 is 5.35. The molecular weight excluding hydrogens is 258 g/mol. The van der Waals surface area contributed by atoms with E-state index in [-0.39, 0.29) is 18.2 Å². The second-order valence-electron chi connectivity index (χ2n) is 5.02. The summed E-state index contributed by atoms with van der Waals surface area (Å²) in [5.41, 5.74) is 0.945. The SMILES string of the molecule is CCOc1ccc(CC(=O)N2CC(CC(=O)O)C2)cc1. The molecule has 0 radical (unpaired) electrons. The summed E-state index contributed by atoms with van der Waals surface area (Å²) in [4.78, 5) is 24.2. The fourth-order valence-corrected chi connectivity index (χ4v) is 2.31. The predicted octanol–water partition coefficient (Wildman–Crippen LogP) is 1.56. The molecule has 0 aliphatic carbocycles. The van der Waals surface area contributed by atoms with E-state index in [1.165, 1.54) is 0 Å². The monoisotopic (exact) mass is 277 g/mol. The van der Waals surface area contributed by atoms with Crippen LogP contribution in [-0.2, 0) is 16.0 Å². The van der Waals surface area contributed by atoms with Crippen molar-refractivity contribution in [3.8, 4) is 5.75 Å². The lowest BCUT2D eigenvalue weighted by atomic mass is 9.95. The number of carbonyl (C=O) groups is 2. The molecule has 1 heterocycles. The normalized spacial score (nSPS) is 14.8. The molecule has 0 unspecified atom stereocenters. The van der Waals surface area contributed by atoms with Gasteiger partial charge in [-0.1, -0.05) is 12.1 Å². The summed E-state index contributed by atoms with van der Waals surface area (Å²) in [7, 11) is 0. The highest BCUT2D eigenvalue weighted by Gasteiger charge is 2.31. The molecule has 1 N–H and O–H groups in total. The Morgan fingerprint density at radius 2 is 1.95 bits per heavy atom. The van der Waals surface area contributed by atoms with E-state index >= 15 is 0 Å². The number of nitrogens with zero attached hydrogens (tertiary/aromatic N) is 1. The molecule has 5 nitrogen and oxygen atoms in total. The second kappa shape index (κ2) is 6.41. The van der Waals surface area contributed by atoms with E-state index in [1.807, 2.05) is 31.2 Å². The van der Waals surface area contributed by atoms with Crippen LogP contribution in [0.2, 0.25) is 0 Å². The first kappa shape index (κ1) is 14.4. The van der Waals surface area contributed by atoms with Crippen LogP contribution in [0, 0.1) is 5.92 Å². The molecule has 0 bridgehead atoms. The Labute approximate surface area is 118 Å². The number of carboxylic acids is 1. The molecule has 5 heteroatoms. The topological polar surface area (TPSA) is 66.8 Å². The number of hydrogen-bond donors (Lipinski definition) is 1. The fraction of sp³-hybridized carbons (Fsp3) is 0.467. The molecule has 0 saturated carbocycles. The highest BCUT2D eigenvalue weighted by molar-refractivity contribution is 5.80. The van der Waals surface area contributed by atoms with Crippen LogP contribution in [0.25, 0.3) is 0 Å². The number of likely N-dealkylation sites (tertiary alicyclic amines) is 1. The summed E-state index contributed by atoms with van der Waals surface area (Å²) in [6, 6.07) is 7.49. The molecule has 1 amide bonds. The molecule has 1 fully saturated rings. The maximum absolute atomic E-state index is 12.0.